The summed E-state index contributed by atoms with van der Waals surface area (Å²) in [5.74, 6) is 0. The Morgan fingerprint density at radius 3 is 1.72 bits per heavy atom. The van der Waals surface area contributed by atoms with Crippen molar-refractivity contribution in [2.75, 3.05) is 0 Å². The molecule has 0 aromatic heterocycles. The van der Waals surface area contributed by atoms with Crippen molar-refractivity contribution in [3.63, 3.8) is 0 Å². The molecule has 2 heteroatoms. The summed E-state index contributed by atoms with van der Waals surface area (Å²) in [6, 6.07) is 11.4. The van der Waals surface area contributed by atoms with E-state index in [2.05, 4.69) is 44.2 Å². The average Bonchev–Trinajstić information content (AvgIpc) is 2.38. The number of benzene rings is 1. The van der Waals surface area contributed by atoms with E-state index in [0.717, 1.165) is 0 Å². The second-order valence-corrected chi connectivity index (χ2v) is 12.8. The molecule has 0 N–H and O–H groups in total. The minimum absolute atomic E-state index is 0. The maximum absolute atomic E-state index is 2.40. The zero-order valence-electron chi connectivity index (χ0n) is 11.9. The fourth-order valence-corrected chi connectivity index (χ4v) is 10.4. The van der Waals surface area contributed by atoms with Gasteiger partial charge in [0.05, 0.1) is 0 Å². The van der Waals surface area contributed by atoms with Crippen LogP contribution in [0.2, 0.25) is 8.87 Å². The minimum Gasteiger partial charge on any atom is -1.00 e. The second-order valence-electron chi connectivity index (χ2n) is 4.88. The Balaban J connectivity index is 0.00000289. The molecular formula is C16H27ISn. The van der Waals surface area contributed by atoms with Crippen molar-refractivity contribution in [3.8, 4) is 0 Å². The van der Waals surface area contributed by atoms with Crippen LogP contribution in [-0.2, 0) is 0 Å². The summed E-state index contributed by atoms with van der Waals surface area (Å²) in [7, 11) is 0. The third kappa shape index (κ3) is 8.03. The van der Waals surface area contributed by atoms with Crippen molar-refractivity contribution in [2.45, 2.75) is 61.2 Å². The SMILES string of the molecule is CCCC[CH2][Sn+]([CH2]CCCC)[c]1ccccc1.[I-]. The Labute approximate surface area is 138 Å². The molecule has 0 spiro atoms. The van der Waals surface area contributed by atoms with Gasteiger partial charge in [0, 0.05) is 0 Å². The number of hydrogen-bond acceptors (Lipinski definition) is 0. The van der Waals surface area contributed by atoms with Crippen LogP contribution in [0.15, 0.2) is 30.3 Å². The molecular weight excluding hydrogens is 438 g/mol. The summed E-state index contributed by atoms with van der Waals surface area (Å²) in [4.78, 5) is 0. The Kier molecular flexibility index (Phi) is 13.3. The van der Waals surface area contributed by atoms with Crippen LogP contribution in [-0.4, -0.2) is 19.8 Å². The van der Waals surface area contributed by atoms with E-state index in [9.17, 15) is 0 Å². The van der Waals surface area contributed by atoms with E-state index >= 15 is 0 Å². The summed E-state index contributed by atoms with van der Waals surface area (Å²) in [6.45, 7) is 4.62. The fraction of sp³-hybridized carbons (Fsp3) is 0.625. The first-order valence-electron chi connectivity index (χ1n) is 7.28. The van der Waals surface area contributed by atoms with Gasteiger partial charge >= 0.3 is 115 Å². The molecule has 0 aliphatic rings. The van der Waals surface area contributed by atoms with Crippen molar-refractivity contribution in [1.82, 2.24) is 0 Å². The van der Waals surface area contributed by atoms with Crippen LogP contribution in [0.5, 0.6) is 0 Å². The van der Waals surface area contributed by atoms with Gasteiger partial charge in [0.25, 0.3) is 0 Å². The van der Waals surface area contributed by atoms with Gasteiger partial charge in [0.15, 0.2) is 0 Å². The molecule has 1 aromatic carbocycles. The molecule has 18 heavy (non-hydrogen) atoms. The predicted octanol–water partition coefficient (Wildman–Crippen LogP) is 1.77. The van der Waals surface area contributed by atoms with Gasteiger partial charge in [-0.1, -0.05) is 0 Å². The maximum atomic E-state index is 2.40. The Morgan fingerprint density at radius 1 is 0.778 bits per heavy atom. The van der Waals surface area contributed by atoms with Crippen LogP contribution in [0, 0.1) is 0 Å². The monoisotopic (exact) mass is 466 g/mol. The molecule has 0 heterocycles. The van der Waals surface area contributed by atoms with Gasteiger partial charge in [-0.3, -0.25) is 0 Å². The summed E-state index contributed by atoms with van der Waals surface area (Å²) < 4.78 is 4.90. The number of halogens is 1. The van der Waals surface area contributed by atoms with E-state index in [0.29, 0.717) is 0 Å². The van der Waals surface area contributed by atoms with E-state index < -0.39 is 19.8 Å². The first-order chi connectivity index (χ1) is 8.38. The normalized spacial score (nSPS) is 9.89. The van der Waals surface area contributed by atoms with Crippen LogP contribution in [0.1, 0.15) is 52.4 Å². The Bertz CT molecular complexity index is 264. The summed E-state index contributed by atoms with van der Waals surface area (Å²) in [5.41, 5.74) is 0. The molecule has 0 fully saturated rings. The summed E-state index contributed by atoms with van der Waals surface area (Å²) in [6.07, 6.45) is 8.55. The Morgan fingerprint density at radius 2 is 1.28 bits per heavy atom. The van der Waals surface area contributed by atoms with Crippen molar-refractivity contribution in [3.05, 3.63) is 30.3 Å². The number of unbranched alkanes of at least 4 members (excludes halogenated alkanes) is 4. The van der Waals surface area contributed by atoms with Crippen LogP contribution in [0.3, 0.4) is 0 Å². The molecule has 0 saturated carbocycles. The third-order valence-electron chi connectivity index (χ3n) is 3.35. The minimum atomic E-state index is -1.26. The van der Waals surface area contributed by atoms with Crippen molar-refractivity contribution in [2.24, 2.45) is 0 Å². The fourth-order valence-electron chi connectivity index (χ4n) is 2.26. The quantitative estimate of drug-likeness (QED) is 0.297. The molecule has 1 aromatic rings. The van der Waals surface area contributed by atoms with Crippen LogP contribution in [0.25, 0.3) is 0 Å². The third-order valence-corrected chi connectivity index (χ3v) is 12.1. The van der Waals surface area contributed by atoms with E-state index in [-0.39, 0.29) is 24.0 Å². The zero-order valence-corrected chi connectivity index (χ0v) is 16.9. The molecule has 0 bridgehead atoms. The Hall–Kier alpha value is 0.749. The van der Waals surface area contributed by atoms with Gasteiger partial charge in [-0.2, -0.15) is 0 Å². The van der Waals surface area contributed by atoms with Gasteiger partial charge in [0.2, 0.25) is 0 Å². The first-order valence-corrected chi connectivity index (χ1v) is 12.7. The molecule has 0 unspecified atom stereocenters. The largest absolute Gasteiger partial charge is 1.00 e. The molecule has 0 saturated heterocycles. The van der Waals surface area contributed by atoms with Gasteiger partial charge in [0.1, 0.15) is 0 Å². The zero-order chi connectivity index (χ0) is 12.3. The standard InChI is InChI=1S/C6H5.2C5H11.HI.Sn/c1-2-4-6-5-3-1;2*1-3-5-4-2;;/h1-5H;2*1,3-5H2,2H3;1H;/q;;;;+1/p-1. The first kappa shape index (κ1) is 18.7. The summed E-state index contributed by atoms with van der Waals surface area (Å²) >= 11 is -1.26. The van der Waals surface area contributed by atoms with Gasteiger partial charge < -0.3 is 24.0 Å². The smallest absolute Gasteiger partial charge is 1.00 e. The second kappa shape index (κ2) is 12.8. The van der Waals surface area contributed by atoms with Gasteiger partial charge in [-0.25, -0.2) is 0 Å². The molecule has 0 aliphatic heterocycles. The van der Waals surface area contributed by atoms with Crippen molar-refractivity contribution in [1.29, 1.82) is 0 Å². The molecule has 0 radical (unpaired) electrons. The molecule has 0 nitrogen and oxygen atoms in total. The van der Waals surface area contributed by atoms with Crippen LogP contribution >= 0.6 is 0 Å². The van der Waals surface area contributed by atoms with E-state index in [4.69, 9.17) is 0 Å². The summed E-state index contributed by atoms with van der Waals surface area (Å²) in [5, 5.41) is 0. The van der Waals surface area contributed by atoms with E-state index in [1.54, 1.807) is 12.5 Å². The van der Waals surface area contributed by atoms with Crippen LogP contribution < -0.4 is 27.6 Å². The molecule has 0 atom stereocenters. The molecule has 102 valence electrons. The molecule has 1 rings (SSSR count). The van der Waals surface area contributed by atoms with Gasteiger partial charge in [-0.15, -0.1) is 0 Å². The van der Waals surface area contributed by atoms with Crippen molar-refractivity contribution >= 4 is 23.3 Å². The maximum Gasteiger partial charge on any atom is -1.00 e. The average molecular weight is 465 g/mol. The molecule has 0 aliphatic carbocycles. The van der Waals surface area contributed by atoms with Gasteiger partial charge in [-0.05, 0) is 0 Å². The van der Waals surface area contributed by atoms with Crippen molar-refractivity contribution < 1.29 is 24.0 Å². The van der Waals surface area contributed by atoms with E-state index in [1.165, 1.54) is 38.5 Å². The number of rotatable bonds is 9. The molecule has 0 amide bonds. The predicted molar refractivity (Wildman–Crippen MR) is 80.5 cm³/mol. The topological polar surface area (TPSA) is 0 Å². The number of hydrogen-bond donors (Lipinski definition) is 0. The van der Waals surface area contributed by atoms with Crippen LogP contribution in [0.4, 0.5) is 0 Å². The van der Waals surface area contributed by atoms with E-state index in [1.807, 2.05) is 0 Å².